The van der Waals surface area contributed by atoms with E-state index >= 15 is 0 Å². The maximum atomic E-state index is 12.6. The fraction of sp³-hybridized carbons (Fsp3) is 0.333. The van der Waals surface area contributed by atoms with Gasteiger partial charge in [0, 0.05) is 24.0 Å². The molecule has 0 saturated heterocycles. The highest BCUT2D eigenvalue weighted by molar-refractivity contribution is 7.89. The Morgan fingerprint density at radius 3 is 2.67 bits per heavy atom. The maximum Gasteiger partial charge on any atom is 0.244 e. The van der Waals surface area contributed by atoms with Crippen LogP contribution in [0.2, 0.25) is 0 Å². The van der Waals surface area contributed by atoms with E-state index in [4.69, 9.17) is 4.74 Å². The number of thiazole rings is 1. The Morgan fingerprint density at radius 1 is 1.22 bits per heavy atom. The van der Waals surface area contributed by atoms with Crippen LogP contribution in [0, 0.1) is 20.8 Å². The Hall–Kier alpha value is -2.23. The van der Waals surface area contributed by atoms with Crippen molar-refractivity contribution in [3.63, 3.8) is 0 Å². The zero-order valence-electron chi connectivity index (χ0n) is 15.7. The molecular weight excluding hydrogens is 384 g/mol. The van der Waals surface area contributed by atoms with Gasteiger partial charge in [0.05, 0.1) is 18.5 Å². The first kappa shape index (κ1) is 19.5. The molecule has 0 amide bonds. The molecule has 2 aromatic heterocycles. The fourth-order valence-electron chi connectivity index (χ4n) is 2.72. The fourth-order valence-corrected chi connectivity index (χ4v) is 4.87. The summed E-state index contributed by atoms with van der Waals surface area (Å²) in [6.07, 6.45) is 0.489. The summed E-state index contributed by atoms with van der Waals surface area (Å²) in [5.41, 5.74) is 3.62. The minimum Gasteiger partial charge on any atom is -0.495 e. The summed E-state index contributed by atoms with van der Waals surface area (Å²) in [7, 11) is -2.20. The first-order valence-electron chi connectivity index (χ1n) is 8.42. The van der Waals surface area contributed by atoms with Crippen LogP contribution >= 0.6 is 11.3 Å². The number of nitrogens with one attached hydrogen (secondary N) is 1. The zero-order chi connectivity index (χ0) is 19.6. The number of rotatable bonds is 7. The summed E-state index contributed by atoms with van der Waals surface area (Å²) in [4.78, 5) is 4.70. The third-order valence-electron chi connectivity index (χ3n) is 4.01. The van der Waals surface area contributed by atoms with E-state index in [1.54, 1.807) is 16.8 Å². The highest BCUT2D eigenvalue weighted by Crippen LogP contribution is 2.24. The van der Waals surface area contributed by atoms with Crippen molar-refractivity contribution < 1.29 is 13.2 Å². The summed E-state index contributed by atoms with van der Waals surface area (Å²) >= 11 is 1.48. The number of aromatic nitrogens is 3. The Labute approximate surface area is 163 Å². The average Bonchev–Trinajstić information content (AvgIpc) is 3.20. The molecule has 3 rings (SSSR count). The molecule has 144 valence electrons. The molecule has 0 bridgehead atoms. The van der Waals surface area contributed by atoms with Crippen molar-refractivity contribution in [1.82, 2.24) is 19.5 Å². The minimum absolute atomic E-state index is 0.145. The summed E-state index contributed by atoms with van der Waals surface area (Å²) in [6, 6.07) is 7.06. The van der Waals surface area contributed by atoms with Gasteiger partial charge in [0.2, 0.25) is 15.2 Å². The van der Waals surface area contributed by atoms with Gasteiger partial charge in [-0.1, -0.05) is 6.07 Å². The molecule has 1 N–H and O–H groups in total. The summed E-state index contributed by atoms with van der Waals surface area (Å²) in [5.74, 6) is 0.327. The van der Waals surface area contributed by atoms with Gasteiger partial charge in [-0.15, -0.1) is 11.3 Å². The number of sulfonamides is 1. The molecule has 0 aliphatic carbocycles. The molecule has 0 aliphatic rings. The quantitative estimate of drug-likeness (QED) is 0.652. The van der Waals surface area contributed by atoms with E-state index in [0.717, 1.165) is 27.8 Å². The molecule has 0 aliphatic heterocycles. The van der Waals surface area contributed by atoms with Crippen molar-refractivity contribution in [3.05, 3.63) is 52.3 Å². The predicted molar refractivity (Wildman–Crippen MR) is 105 cm³/mol. The van der Waals surface area contributed by atoms with Gasteiger partial charge in [-0.25, -0.2) is 22.8 Å². The van der Waals surface area contributed by atoms with Gasteiger partial charge in [-0.05, 0) is 44.5 Å². The highest BCUT2D eigenvalue weighted by Gasteiger charge is 2.19. The van der Waals surface area contributed by atoms with Crippen molar-refractivity contribution >= 4 is 21.4 Å². The van der Waals surface area contributed by atoms with Crippen molar-refractivity contribution in [3.8, 4) is 10.9 Å². The Kier molecular flexibility index (Phi) is 5.64. The molecule has 7 nitrogen and oxygen atoms in total. The van der Waals surface area contributed by atoms with Crippen molar-refractivity contribution in [1.29, 1.82) is 0 Å². The second-order valence-corrected chi connectivity index (χ2v) is 8.83. The largest absolute Gasteiger partial charge is 0.495 e. The number of nitrogens with zero attached hydrogens (tertiary/aromatic N) is 3. The van der Waals surface area contributed by atoms with Crippen LogP contribution in [0.4, 0.5) is 0 Å². The number of ether oxygens (including phenoxy) is 1. The molecule has 3 aromatic rings. The second kappa shape index (κ2) is 7.79. The molecule has 27 heavy (non-hydrogen) atoms. The SMILES string of the molecule is COc1ccc(C)cc1S(=O)(=O)NCCc1csc(-n2nc(C)cc2C)n1. The molecule has 1 aromatic carbocycles. The molecule has 0 radical (unpaired) electrons. The molecule has 0 atom stereocenters. The number of aryl methyl sites for hydroxylation is 3. The Balaban J connectivity index is 1.68. The lowest BCUT2D eigenvalue weighted by Gasteiger charge is -2.11. The standard InChI is InChI=1S/C18H22N4O3S2/c1-12-5-6-16(25-4)17(9-12)27(23,24)19-8-7-15-11-26-18(20-15)22-14(3)10-13(2)21-22/h5-6,9-11,19H,7-8H2,1-4H3. The van der Waals surface area contributed by atoms with Gasteiger partial charge in [0.1, 0.15) is 10.6 Å². The molecular formula is C18H22N4O3S2. The second-order valence-electron chi connectivity index (χ2n) is 6.26. The first-order valence-corrected chi connectivity index (χ1v) is 10.8. The number of methoxy groups -OCH3 is 1. The molecule has 9 heteroatoms. The molecule has 0 unspecified atom stereocenters. The van der Waals surface area contributed by atoms with Gasteiger partial charge in [0.25, 0.3) is 0 Å². The summed E-state index contributed by atoms with van der Waals surface area (Å²) in [6.45, 7) is 6.00. The van der Waals surface area contributed by atoms with Crippen LogP contribution < -0.4 is 9.46 Å². The lowest BCUT2D eigenvalue weighted by atomic mass is 10.2. The van der Waals surface area contributed by atoms with Crippen LogP contribution in [0.1, 0.15) is 22.6 Å². The molecule has 2 heterocycles. The van der Waals surface area contributed by atoms with Crippen LogP contribution in [0.25, 0.3) is 5.13 Å². The smallest absolute Gasteiger partial charge is 0.244 e. The number of hydrogen-bond acceptors (Lipinski definition) is 6. The van der Waals surface area contributed by atoms with Crippen molar-refractivity contribution in [2.75, 3.05) is 13.7 Å². The van der Waals surface area contributed by atoms with Crippen LogP contribution in [0.3, 0.4) is 0 Å². The lowest BCUT2D eigenvalue weighted by molar-refractivity contribution is 0.402. The Morgan fingerprint density at radius 2 is 2.00 bits per heavy atom. The van der Waals surface area contributed by atoms with E-state index in [0.29, 0.717) is 12.2 Å². The van der Waals surface area contributed by atoms with Gasteiger partial charge in [-0.3, -0.25) is 0 Å². The summed E-state index contributed by atoms with van der Waals surface area (Å²) < 4.78 is 34.8. The number of hydrogen-bond donors (Lipinski definition) is 1. The zero-order valence-corrected chi connectivity index (χ0v) is 17.3. The topological polar surface area (TPSA) is 86.1 Å². The highest BCUT2D eigenvalue weighted by atomic mass is 32.2. The molecule has 0 saturated carbocycles. The van der Waals surface area contributed by atoms with Crippen molar-refractivity contribution in [2.24, 2.45) is 0 Å². The van der Waals surface area contributed by atoms with E-state index in [9.17, 15) is 8.42 Å². The summed E-state index contributed by atoms with van der Waals surface area (Å²) in [5, 5.41) is 7.12. The lowest BCUT2D eigenvalue weighted by Crippen LogP contribution is -2.26. The first-order chi connectivity index (χ1) is 12.8. The van der Waals surface area contributed by atoms with Gasteiger partial charge in [0.15, 0.2) is 0 Å². The Bertz CT molecular complexity index is 1050. The van der Waals surface area contributed by atoms with E-state index in [-0.39, 0.29) is 11.4 Å². The van der Waals surface area contributed by atoms with Crippen LogP contribution in [-0.4, -0.2) is 36.8 Å². The van der Waals surface area contributed by atoms with Crippen molar-refractivity contribution in [2.45, 2.75) is 32.1 Å². The van der Waals surface area contributed by atoms with Crippen LogP contribution in [0.5, 0.6) is 5.75 Å². The number of benzene rings is 1. The van der Waals surface area contributed by atoms with E-state index in [1.807, 2.05) is 38.3 Å². The van der Waals surface area contributed by atoms with Gasteiger partial charge in [-0.2, -0.15) is 5.10 Å². The maximum absolute atomic E-state index is 12.6. The predicted octanol–water partition coefficient (Wildman–Crippen LogP) is 2.78. The van der Waals surface area contributed by atoms with E-state index in [1.165, 1.54) is 18.4 Å². The normalized spacial score (nSPS) is 11.7. The average molecular weight is 407 g/mol. The third kappa shape index (κ3) is 4.37. The van der Waals surface area contributed by atoms with Gasteiger partial charge < -0.3 is 4.74 Å². The van der Waals surface area contributed by atoms with E-state index in [2.05, 4.69) is 14.8 Å². The monoisotopic (exact) mass is 406 g/mol. The molecule has 0 fully saturated rings. The minimum atomic E-state index is -3.66. The third-order valence-corrected chi connectivity index (χ3v) is 6.36. The van der Waals surface area contributed by atoms with E-state index < -0.39 is 10.0 Å². The molecule has 0 spiro atoms. The van der Waals surface area contributed by atoms with Gasteiger partial charge >= 0.3 is 0 Å². The van der Waals surface area contributed by atoms with Crippen LogP contribution in [-0.2, 0) is 16.4 Å². The van der Waals surface area contributed by atoms with Crippen LogP contribution in [0.15, 0.2) is 34.5 Å².